The average molecular weight is 219 g/mol. The van der Waals surface area contributed by atoms with E-state index in [2.05, 4.69) is 10.6 Å². The first-order valence-corrected chi connectivity index (χ1v) is 5.38. The molecule has 0 aromatic rings. The maximum Gasteiger partial charge on any atom is 0.222 e. The Labute approximate surface area is 88.4 Å². The highest BCUT2D eigenvalue weighted by atomic mass is 35.5. The van der Waals surface area contributed by atoms with Gasteiger partial charge in [0.2, 0.25) is 11.8 Å². The van der Waals surface area contributed by atoms with Crippen LogP contribution >= 0.6 is 11.6 Å². The average Bonchev–Trinajstić information content (AvgIpc) is 2.52. The van der Waals surface area contributed by atoms with Gasteiger partial charge < -0.3 is 10.6 Å². The molecule has 2 N–H and O–H groups in total. The number of rotatable bonds is 5. The molecule has 14 heavy (non-hydrogen) atoms. The molecule has 0 aliphatic carbocycles. The van der Waals surface area contributed by atoms with Crippen LogP contribution < -0.4 is 10.6 Å². The van der Waals surface area contributed by atoms with Crippen LogP contribution in [-0.4, -0.2) is 30.3 Å². The van der Waals surface area contributed by atoms with Crippen LogP contribution in [0.15, 0.2) is 0 Å². The summed E-state index contributed by atoms with van der Waals surface area (Å²) in [6.07, 6.45) is 2.57. The lowest BCUT2D eigenvalue weighted by Crippen LogP contribution is -2.36. The normalized spacial score (nSPS) is 20.6. The van der Waals surface area contributed by atoms with E-state index in [1.54, 1.807) is 0 Å². The molecular weight excluding hydrogens is 204 g/mol. The lowest BCUT2D eigenvalue weighted by atomic mass is 10.2. The minimum Gasteiger partial charge on any atom is -0.354 e. The van der Waals surface area contributed by atoms with Crippen molar-refractivity contribution in [2.75, 3.05) is 12.4 Å². The van der Waals surface area contributed by atoms with E-state index >= 15 is 0 Å². The van der Waals surface area contributed by atoms with E-state index in [0.717, 1.165) is 12.8 Å². The van der Waals surface area contributed by atoms with Crippen molar-refractivity contribution in [1.29, 1.82) is 0 Å². The minimum atomic E-state index is -0.0222. The third-order valence-electron chi connectivity index (χ3n) is 2.13. The van der Waals surface area contributed by atoms with E-state index in [4.69, 9.17) is 11.6 Å². The molecule has 1 rings (SSSR count). The molecule has 80 valence electrons. The zero-order valence-corrected chi connectivity index (χ0v) is 8.77. The number of alkyl halides is 1. The van der Waals surface area contributed by atoms with Crippen LogP contribution in [0.25, 0.3) is 0 Å². The molecule has 1 saturated heterocycles. The molecule has 1 unspecified atom stereocenters. The van der Waals surface area contributed by atoms with Crippen molar-refractivity contribution >= 4 is 23.4 Å². The van der Waals surface area contributed by atoms with E-state index in [1.165, 1.54) is 0 Å². The lowest BCUT2D eigenvalue weighted by Gasteiger charge is -2.09. The number of hydrogen-bond donors (Lipinski definition) is 2. The van der Waals surface area contributed by atoms with E-state index in [-0.39, 0.29) is 17.9 Å². The Morgan fingerprint density at radius 2 is 2.36 bits per heavy atom. The highest BCUT2D eigenvalue weighted by Gasteiger charge is 2.22. The molecule has 1 heterocycles. The number of halogens is 1. The molecular formula is C9H15ClN2O2. The van der Waals surface area contributed by atoms with Gasteiger partial charge in [-0.3, -0.25) is 9.59 Å². The van der Waals surface area contributed by atoms with Gasteiger partial charge in [-0.25, -0.2) is 0 Å². The maximum absolute atomic E-state index is 11.3. The van der Waals surface area contributed by atoms with Crippen molar-refractivity contribution in [1.82, 2.24) is 10.6 Å². The zero-order valence-electron chi connectivity index (χ0n) is 8.01. The Morgan fingerprint density at radius 3 is 2.93 bits per heavy atom. The Bertz CT molecular complexity index is 221. The minimum absolute atomic E-state index is 0.0102. The highest BCUT2D eigenvalue weighted by Crippen LogP contribution is 2.01. The fourth-order valence-electron chi connectivity index (χ4n) is 1.39. The van der Waals surface area contributed by atoms with Gasteiger partial charge in [0.05, 0.1) is 6.04 Å². The lowest BCUT2D eigenvalue weighted by molar-refractivity contribution is -0.121. The summed E-state index contributed by atoms with van der Waals surface area (Å²) in [4.78, 5) is 22.1. The number of carbonyl (C=O) groups is 2. The molecule has 1 aliphatic rings. The molecule has 0 radical (unpaired) electrons. The fourth-order valence-corrected chi connectivity index (χ4v) is 1.58. The van der Waals surface area contributed by atoms with Gasteiger partial charge in [-0.2, -0.15) is 0 Å². The quantitative estimate of drug-likeness (QED) is 0.519. The Balaban J connectivity index is 2.11. The van der Waals surface area contributed by atoms with Gasteiger partial charge in [-0.05, 0) is 12.8 Å². The van der Waals surface area contributed by atoms with Crippen LogP contribution in [0.4, 0.5) is 0 Å². The monoisotopic (exact) mass is 218 g/mol. The number of unbranched alkanes of at least 4 members (excludes halogenated alkanes) is 1. The molecule has 0 bridgehead atoms. The summed E-state index contributed by atoms with van der Waals surface area (Å²) < 4.78 is 0. The Hall–Kier alpha value is -0.770. The van der Waals surface area contributed by atoms with Crippen LogP contribution in [0.3, 0.4) is 0 Å². The summed E-state index contributed by atoms with van der Waals surface area (Å²) in [5.74, 6) is 0.615. The number of nitrogens with one attached hydrogen (secondary N) is 2. The van der Waals surface area contributed by atoms with Crippen molar-refractivity contribution in [3.8, 4) is 0 Å². The second kappa shape index (κ2) is 5.86. The molecule has 0 aromatic carbocycles. The summed E-state index contributed by atoms with van der Waals surface area (Å²) >= 11 is 5.49. The first-order chi connectivity index (χ1) is 6.72. The first kappa shape index (κ1) is 11.3. The second-order valence-electron chi connectivity index (χ2n) is 3.42. The van der Waals surface area contributed by atoms with Crippen LogP contribution in [0.5, 0.6) is 0 Å². The smallest absolute Gasteiger partial charge is 0.222 e. The molecule has 5 heteroatoms. The number of carbonyl (C=O) groups excluding carboxylic acids is 2. The van der Waals surface area contributed by atoms with E-state index in [1.807, 2.05) is 0 Å². The molecule has 2 amide bonds. The summed E-state index contributed by atoms with van der Waals surface area (Å²) in [5, 5.41) is 5.47. The number of amides is 2. The van der Waals surface area contributed by atoms with Gasteiger partial charge in [-0.1, -0.05) is 0 Å². The third kappa shape index (κ3) is 3.96. The molecule has 1 atom stereocenters. The van der Waals surface area contributed by atoms with Gasteiger partial charge >= 0.3 is 0 Å². The van der Waals surface area contributed by atoms with E-state index < -0.39 is 0 Å². The van der Waals surface area contributed by atoms with Crippen molar-refractivity contribution in [3.05, 3.63) is 0 Å². The van der Waals surface area contributed by atoms with Crippen molar-refractivity contribution in [3.63, 3.8) is 0 Å². The summed E-state index contributed by atoms with van der Waals surface area (Å²) in [6.45, 7) is 0.556. The maximum atomic E-state index is 11.3. The molecule has 0 spiro atoms. The van der Waals surface area contributed by atoms with Crippen LogP contribution in [-0.2, 0) is 9.59 Å². The van der Waals surface area contributed by atoms with Crippen LogP contribution in [0, 0.1) is 0 Å². The van der Waals surface area contributed by atoms with Gasteiger partial charge in [0.25, 0.3) is 0 Å². The SMILES string of the molecule is O=C1CC(NC(=O)CCCCCl)CN1. The molecule has 0 aromatic heterocycles. The summed E-state index contributed by atoms with van der Waals surface area (Å²) in [6, 6.07) is -0.0222. The Morgan fingerprint density at radius 1 is 1.57 bits per heavy atom. The van der Waals surface area contributed by atoms with Gasteiger partial charge in [0, 0.05) is 25.3 Å². The van der Waals surface area contributed by atoms with Crippen LogP contribution in [0.1, 0.15) is 25.7 Å². The number of hydrogen-bond acceptors (Lipinski definition) is 2. The molecule has 0 saturated carbocycles. The van der Waals surface area contributed by atoms with E-state index in [0.29, 0.717) is 25.3 Å². The van der Waals surface area contributed by atoms with Gasteiger partial charge in [0.15, 0.2) is 0 Å². The first-order valence-electron chi connectivity index (χ1n) is 4.84. The second-order valence-corrected chi connectivity index (χ2v) is 3.80. The zero-order chi connectivity index (χ0) is 10.4. The molecule has 1 aliphatic heterocycles. The standard InChI is InChI=1S/C9H15ClN2O2/c10-4-2-1-3-8(13)12-7-5-9(14)11-6-7/h7H,1-6H2,(H,11,14)(H,12,13). The fraction of sp³-hybridized carbons (Fsp3) is 0.778. The van der Waals surface area contributed by atoms with Gasteiger partial charge in [-0.15, -0.1) is 11.6 Å². The third-order valence-corrected chi connectivity index (χ3v) is 2.40. The van der Waals surface area contributed by atoms with Crippen molar-refractivity contribution < 1.29 is 9.59 Å². The summed E-state index contributed by atoms with van der Waals surface area (Å²) in [5.41, 5.74) is 0. The van der Waals surface area contributed by atoms with Crippen molar-refractivity contribution in [2.24, 2.45) is 0 Å². The molecule has 4 nitrogen and oxygen atoms in total. The van der Waals surface area contributed by atoms with Crippen molar-refractivity contribution in [2.45, 2.75) is 31.7 Å². The predicted molar refractivity (Wildman–Crippen MR) is 54.1 cm³/mol. The Kier molecular flexibility index (Phi) is 4.73. The van der Waals surface area contributed by atoms with E-state index in [9.17, 15) is 9.59 Å². The molecule has 1 fully saturated rings. The topological polar surface area (TPSA) is 58.2 Å². The highest BCUT2D eigenvalue weighted by molar-refractivity contribution is 6.17. The summed E-state index contributed by atoms with van der Waals surface area (Å²) in [7, 11) is 0. The van der Waals surface area contributed by atoms with Gasteiger partial charge in [0.1, 0.15) is 0 Å². The predicted octanol–water partition coefficient (Wildman–Crippen LogP) is 0.400. The van der Waals surface area contributed by atoms with Crippen LogP contribution in [0.2, 0.25) is 0 Å². The largest absolute Gasteiger partial charge is 0.354 e.